The van der Waals surface area contributed by atoms with E-state index < -0.39 is 0 Å². The third kappa shape index (κ3) is 3.45. The van der Waals surface area contributed by atoms with Gasteiger partial charge in [-0.25, -0.2) is 4.98 Å². The van der Waals surface area contributed by atoms with E-state index in [1.54, 1.807) is 11.3 Å². The van der Waals surface area contributed by atoms with E-state index in [2.05, 4.69) is 26.3 Å². The molecule has 0 aliphatic carbocycles. The van der Waals surface area contributed by atoms with Crippen molar-refractivity contribution in [2.45, 2.75) is 19.3 Å². The lowest BCUT2D eigenvalue weighted by atomic mass is 9.94. The van der Waals surface area contributed by atoms with Crippen LogP contribution in [0.2, 0.25) is 5.28 Å². The van der Waals surface area contributed by atoms with Crippen LogP contribution < -0.4 is 10.2 Å². The maximum absolute atomic E-state index is 6.16. The zero-order chi connectivity index (χ0) is 15.6. The van der Waals surface area contributed by atoms with Gasteiger partial charge in [-0.3, -0.25) is 0 Å². The molecule has 0 spiro atoms. The number of ether oxygens (including phenoxy) is 1. The van der Waals surface area contributed by atoms with Crippen molar-refractivity contribution in [2.75, 3.05) is 44.3 Å². The Kier molecular flexibility index (Phi) is 4.66. The predicted octanol–water partition coefficient (Wildman–Crippen LogP) is 2.72. The smallest absolute Gasteiger partial charge is 0.225 e. The number of nitrogens with one attached hydrogen (secondary N) is 1. The zero-order valence-corrected chi connectivity index (χ0v) is 14.6. The van der Waals surface area contributed by atoms with Gasteiger partial charge in [-0.2, -0.15) is 4.98 Å². The van der Waals surface area contributed by atoms with Crippen molar-refractivity contribution in [1.82, 2.24) is 15.3 Å². The number of morpholine rings is 1. The second-order valence-electron chi connectivity index (χ2n) is 6.24. The monoisotopic (exact) mass is 352 g/mol. The molecule has 0 unspecified atom stereocenters. The molecule has 5 nitrogen and oxygen atoms in total. The number of piperidine rings is 1. The quantitative estimate of drug-likeness (QED) is 0.861. The first-order valence-corrected chi connectivity index (χ1v) is 9.48. The number of nitrogens with zero attached hydrogens (tertiary/aromatic N) is 3. The highest BCUT2D eigenvalue weighted by atomic mass is 35.5. The lowest BCUT2D eigenvalue weighted by Crippen LogP contribution is -2.36. The van der Waals surface area contributed by atoms with Gasteiger partial charge in [-0.05, 0) is 55.9 Å². The van der Waals surface area contributed by atoms with E-state index in [1.165, 1.54) is 17.7 Å². The highest BCUT2D eigenvalue weighted by molar-refractivity contribution is 7.18. The molecule has 2 aromatic rings. The fourth-order valence-electron chi connectivity index (χ4n) is 3.42. The van der Waals surface area contributed by atoms with E-state index in [0.717, 1.165) is 67.8 Å². The summed E-state index contributed by atoms with van der Waals surface area (Å²) in [5, 5.41) is 4.92. The standard InChI is InChI=1S/C16H21ClN4OS/c17-16-19-14(21-5-7-22-8-6-21)13-10-12(23-15(13)20-16)9-11-1-3-18-4-2-11/h10-11,18H,1-9H2. The summed E-state index contributed by atoms with van der Waals surface area (Å²) >= 11 is 7.93. The van der Waals surface area contributed by atoms with Gasteiger partial charge < -0.3 is 15.0 Å². The molecule has 2 aliphatic heterocycles. The highest BCUT2D eigenvalue weighted by Gasteiger charge is 2.20. The van der Waals surface area contributed by atoms with Gasteiger partial charge in [0, 0.05) is 18.0 Å². The average molecular weight is 353 g/mol. The molecule has 0 radical (unpaired) electrons. The van der Waals surface area contributed by atoms with Crippen molar-refractivity contribution in [1.29, 1.82) is 0 Å². The third-order valence-electron chi connectivity index (χ3n) is 4.66. The third-order valence-corrected chi connectivity index (χ3v) is 5.88. The van der Waals surface area contributed by atoms with Gasteiger partial charge in [0.1, 0.15) is 10.6 Å². The lowest BCUT2D eigenvalue weighted by Gasteiger charge is -2.28. The van der Waals surface area contributed by atoms with E-state index in [0.29, 0.717) is 5.28 Å². The molecule has 0 amide bonds. The van der Waals surface area contributed by atoms with E-state index >= 15 is 0 Å². The minimum atomic E-state index is 0.342. The Balaban J connectivity index is 1.63. The van der Waals surface area contributed by atoms with Gasteiger partial charge in [0.15, 0.2) is 0 Å². The Morgan fingerprint density at radius 3 is 2.83 bits per heavy atom. The van der Waals surface area contributed by atoms with Crippen LogP contribution in [0.25, 0.3) is 10.2 Å². The number of rotatable bonds is 3. The molecule has 0 bridgehead atoms. The summed E-state index contributed by atoms with van der Waals surface area (Å²) in [6.07, 6.45) is 3.66. The molecular weight excluding hydrogens is 332 g/mol. The summed E-state index contributed by atoms with van der Waals surface area (Å²) in [6.45, 7) is 5.49. The van der Waals surface area contributed by atoms with Crippen molar-refractivity contribution in [2.24, 2.45) is 5.92 Å². The Morgan fingerprint density at radius 1 is 1.26 bits per heavy atom. The van der Waals surface area contributed by atoms with Crippen LogP contribution in [0.1, 0.15) is 17.7 Å². The van der Waals surface area contributed by atoms with Crippen molar-refractivity contribution >= 4 is 39.0 Å². The molecule has 124 valence electrons. The van der Waals surface area contributed by atoms with Crippen LogP contribution in [0.5, 0.6) is 0 Å². The number of hydrogen-bond donors (Lipinski definition) is 1. The molecule has 2 saturated heterocycles. The van der Waals surface area contributed by atoms with E-state index in [-0.39, 0.29) is 0 Å². The first-order valence-electron chi connectivity index (χ1n) is 8.29. The average Bonchev–Trinajstić information content (AvgIpc) is 2.98. The molecule has 23 heavy (non-hydrogen) atoms. The number of thiophene rings is 1. The van der Waals surface area contributed by atoms with Gasteiger partial charge in [-0.15, -0.1) is 11.3 Å². The first-order chi connectivity index (χ1) is 11.3. The first kappa shape index (κ1) is 15.6. The van der Waals surface area contributed by atoms with Gasteiger partial charge in [0.05, 0.1) is 18.6 Å². The van der Waals surface area contributed by atoms with Crippen LogP contribution in [0.4, 0.5) is 5.82 Å². The predicted molar refractivity (Wildman–Crippen MR) is 94.8 cm³/mol. The van der Waals surface area contributed by atoms with Crippen LogP contribution >= 0.6 is 22.9 Å². The zero-order valence-electron chi connectivity index (χ0n) is 13.1. The molecule has 0 atom stereocenters. The summed E-state index contributed by atoms with van der Waals surface area (Å²) < 4.78 is 5.45. The lowest BCUT2D eigenvalue weighted by molar-refractivity contribution is 0.122. The molecule has 4 heterocycles. The van der Waals surface area contributed by atoms with Crippen LogP contribution in [0.3, 0.4) is 0 Å². The second-order valence-corrected chi connectivity index (χ2v) is 7.70. The van der Waals surface area contributed by atoms with Gasteiger partial charge >= 0.3 is 0 Å². The fraction of sp³-hybridized carbons (Fsp3) is 0.625. The molecule has 4 rings (SSSR count). The number of halogens is 1. The summed E-state index contributed by atoms with van der Waals surface area (Å²) in [5.74, 6) is 1.75. The number of fused-ring (bicyclic) bond motifs is 1. The summed E-state index contributed by atoms with van der Waals surface area (Å²) in [7, 11) is 0. The summed E-state index contributed by atoms with van der Waals surface area (Å²) in [4.78, 5) is 13.6. The van der Waals surface area contributed by atoms with Crippen molar-refractivity contribution in [3.8, 4) is 0 Å². The van der Waals surface area contributed by atoms with E-state index in [9.17, 15) is 0 Å². The number of aromatic nitrogens is 2. The number of anilines is 1. The SMILES string of the molecule is Clc1nc(N2CCOCC2)c2cc(CC3CCNCC3)sc2n1. The topological polar surface area (TPSA) is 50.3 Å². The fourth-order valence-corrected chi connectivity index (χ4v) is 4.77. The molecule has 2 aliphatic rings. The Labute approximate surface area is 145 Å². The maximum Gasteiger partial charge on any atom is 0.225 e. The van der Waals surface area contributed by atoms with Gasteiger partial charge in [0.2, 0.25) is 5.28 Å². The van der Waals surface area contributed by atoms with Crippen LogP contribution in [0.15, 0.2) is 6.07 Å². The molecule has 0 aromatic carbocycles. The molecule has 7 heteroatoms. The van der Waals surface area contributed by atoms with Crippen LogP contribution in [0, 0.1) is 5.92 Å². The van der Waals surface area contributed by atoms with E-state index in [1.807, 2.05) is 0 Å². The van der Waals surface area contributed by atoms with Crippen LogP contribution in [-0.4, -0.2) is 49.4 Å². The Hall–Kier alpha value is -0.950. The molecule has 2 aromatic heterocycles. The molecule has 0 saturated carbocycles. The number of hydrogen-bond acceptors (Lipinski definition) is 6. The molecular formula is C16H21ClN4OS. The van der Waals surface area contributed by atoms with Gasteiger partial charge in [0.25, 0.3) is 0 Å². The summed E-state index contributed by atoms with van der Waals surface area (Å²) in [6, 6.07) is 2.28. The van der Waals surface area contributed by atoms with Crippen molar-refractivity contribution < 1.29 is 4.74 Å². The molecule has 1 N–H and O–H groups in total. The van der Waals surface area contributed by atoms with Gasteiger partial charge in [-0.1, -0.05) is 0 Å². The minimum absolute atomic E-state index is 0.342. The minimum Gasteiger partial charge on any atom is -0.378 e. The Morgan fingerprint density at radius 2 is 2.04 bits per heavy atom. The highest BCUT2D eigenvalue weighted by Crippen LogP contribution is 2.34. The normalized spacial score (nSPS) is 20.3. The van der Waals surface area contributed by atoms with Crippen LogP contribution in [-0.2, 0) is 11.2 Å². The largest absolute Gasteiger partial charge is 0.378 e. The maximum atomic E-state index is 6.16. The molecule has 2 fully saturated rings. The second kappa shape index (κ2) is 6.89. The van der Waals surface area contributed by atoms with E-state index in [4.69, 9.17) is 16.3 Å². The van der Waals surface area contributed by atoms with Crippen molar-refractivity contribution in [3.63, 3.8) is 0 Å². The Bertz CT molecular complexity index is 680. The summed E-state index contributed by atoms with van der Waals surface area (Å²) in [5.41, 5.74) is 0. The van der Waals surface area contributed by atoms with Crippen molar-refractivity contribution in [3.05, 3.63) is 16.2 Å².